The number of guanidine groups is 1. The number of fused-ring (bicyclic) bond motifs is 5. The Morgan fingerprint density at radius 3 is 2.38 bits per heavy atom. The molecule has 0 amide bonds. The Kier molecular flexibility index (Phi) is 6.13. The Labute approximate surface area is 172 Å². The van der Waals surface area contributed by atoms with Crippen LogP contribution in [-0.4, -0.2) is 63.9 Å². The largest absolute Gasteiger partial charge is 0.374 e. The normalized spacial score (nSPS) is 30.2. The first-order valence-corrected chi connectivity index (χ1v) is 10.6. The Bertz CT molecular complexity index is 738. The minimum Gasteiger partial charge on any atom is -0.374 e. The zero-order valence-corrected chi connectivity index (χ0v) is 18.0. The number of ether oxygens (including phenoxy) is 1. The van der Waals surface area contributed by atoms with Crippen molar-refractivity contribution in [1.29, 1.82) is 0 Å². The van der Waals surface area contributed by atoms with Crippen LogP contribution in [0.3, 0.4) is 0 Å². The number of likely N-dealkylation sites (tertiary alicyclic amines) is 1. The van der Waals surface area contributed by atoms with Crippen molar-refractivity contribution in [2.24, 2.45) is 16.8 Å². The van der Waals surface area contributed by atoms with E-state index < -0.39 is 9.84 Å². The Hall–Kier alpha value is -0.870. The molecule has 2 bridgehead atoms. The molecular weight excluding hydrogens is 465 g/mol. The number of benzene rings is 1. The Morgan fingerprint density at radius 2 is 1.81 bits per heavy atom. The number of halogens is 1. The highest BCUT2D eigenvalue weighted by atomic mass is 127. The maximum Gasteiger partial charge on any atom is 0.193 e. The van der Waals surface area contributed by atoms with E-state index in [1.807, 2.05) is 6.07 Å². The van der Waals surface area contributed by atoms with Gasteiger partial charge in [-0.2, -0.15) is 0 Å². The maximum absolute atomic E-state index is 12.4. The number of hydrogen-bond acceptors (Lipinski definition) is 4. The fourth-order valence-electron chi connectivity index (χ4n) is 4.51. The van der Waals surface area contributed by atoms with Crippen molar-refractivity contribution in [2.45, 2.75) is 29.9 Å². The fourth-order valence-corrected chi connectivity index (χ4v) is 5.69. The lowest BCUT2D eigenvalue weighted by Crippen LogP contribution is -2.42. The molecule has 3 fully saturated rings. The summed E-state index contributed by atoms with van der Waals surface area (Å²) in [5.41, 5.74) is 0. The van der Waals surface area contributed by atoms with Crippen LogP contribution < -0.4 is 5.32 Å². The molecule has 8 heteroatoms. The topological polar surface area (TPSA) is 71.0 Å². The Balaban J connectivity index is 0.00000196. The van der Waals surface area contributed by atoms with Gasteiger partial charge >= 0.3 is 0 Å². The second-order valence-corrected chi connectivity index (χ2v) is 9.24. The minimum atomic E-state index is -3.27. The molecule has 1 N–H and O–H groups in total. The molecule has 6 nitrogen and oxygen atoms in total. The second-order valence-electron chi connectivity index (χ2n) is 7.13. The van der Waals surface area contributed by atoms with E-state index in [4.69, 9.17) is 4.74 Å². The first kappa shape index (κ1) is 19.9. The molecule has 4 atom stereocenters. The molecule has 3 aliphatic rings. The van der Waals surface area contributed by atoms with Crippen molar-refractivity contribution in [1.82, 2.24) is 10.2 Å². The molecule has 4 rings (SSSR count). The molecule has 0 saturated carbocycles. The van der Waals surface area contributed by atoms with Gasteiger partial charge in [0, 0.05) is 38.5 Å². The van der Waals surface area contributed by atoms with Gasteiger partial charge in [0.05, 0.1) is 22.9 Å². The first-order chi connectivity index (χ1) is 12.1. The van der Waals surface area contributed by atoms with E-state index in [0.717, 1.165) is 19.0 Å². The predicted octanol–water partition coefficient (Wildman–Crippen LogP) is 1.76. The SMILES string of the molecule is CN=C(NCCS(=O)(=O)c1ccccc1)N1CC2C3CCC(O3)C2C1.I. The average molecular weight is 491 g/mol. The third kappa shape index (κ3) is 3.73. The van der Waals surface area contributed by atoms with Gasteiger partial charge in [-0.25, -0.2) is 8.42 Å². The van der Waals surface area contributed by atoms with Gasteiger partial charge in [0.15, 0.2) is 15.8 Å². The lowest BCUT2D eigenvalue weighted by molar-refractivity contribution is 0.0767. The Morgan fingerprint density at radius 1 is 1.19 bits per heavy atom. The second kappa shape index (κ2) is 8.02. The molecule has 0 aliphatic carbocycles. The standard InChI is InChI=1S/C18H25N3O3S.HI/c1-19-18(20-9-10-25(22,23)13-5-3-2-4-6-13)21-11-14-15(12-21)17-8-7-16(14)24-17;/h2-6,14-17H,7-12H2,1H3,(H,19,20);1H. The summed E-state index contributed by atoms with van der Waals surface area (Å²) < 4.78 is 30.7. The summed E-state index contributed by atoms with van der Waals surface area (Å²) in [7, 11) is -1.51. The molecule has 0 aromatic heterocycles. The van der Waals surface area contributed by atoms with Crippen LogP contribution in [0.15, 0.2) is 40.2 Å². The van der Waals surface area contributed by atoms with Crippen LogP contribution >= 0.6 is 24.0 Å². The summed E-state index contributed by atoms with van der Waals surface area (Å²) in [6.45, 7) is 2.27. The van der Waals surface area contributed by atoms with Gasteiger partial charge in [0.25, 0.3) is 0 Å². The van der Waals surface area contributed by atoms with Crippen molar-refractivity contribution in [3.8, 4) is 0 Å². The van der Waals surface area contributed by atoms with Gasteiger partial charge in [-0.3, -0.25) is 4.99 Å². The number of nitrogens with zero attached hydrogens (tertiary/aromatic N) is 2. The van der Waals surface area contributed by atoms with Gasteiger partial charge in [0.1, 0.15) is 0 Å². The summed E-state index contributed by atoms with van der Waals surface area (Å²) in [6.07, 6.45) is 3.19. The molecule has 1 aromatic rings. The first-order valence-electron chi connectivity index (χ1n) is 8.97. The van der Waals surface area contributed by atoms with E-state index in [9.17, 15) is 8.42 Å². The quantitative estimate of drug-likeness (QED) is 0.395. The number of nitrogens with one attached hydrogen (secondary N) is 1. The zero-order valence-electron chi connectivity index (χ0n) is 14.9. The van der Waals surface area contributed by atoms with Gasteiger partial charge in [0.2, 0.25) is 0 Å². The van der Waals surface area contributed by atoms with E-state index in [2.05, 4.69) is 15.2 Å². The third-order valence-electron chi connectivity index (χ3n) is 5.72. The molecule has 3 aliphatic heterocycles. The minimum absolute atomic E-state index is 0. The molecule has 0 spiro atoms. The molecular formula is C18H26IN3O3S. The third-order valence-corrected chi connectivity index (χ3v) is 7.45. The van der Waals surface area contributed by atoms with Gasteiger partial charge in [-0.1, -0.05) is 18.2 Å². The van der Waals surface area contributed by atoms with Gasteiger partial charge in [-0.15, -0.1) is 24.0 Å². The summed E-state index contributed by atoms with van der Waals surface area (Å²) in [6, 6.07) is 8.60. The van der Waals surface area contributed by atoms with Crippen LogP contribution in [0.4, 0.5) is 0 Å². The highest BCUT2D eigenvalue weighted by Gasteiger charge is 2.53. The number of aliphatic imine (C=N–C) groups is 1. The van der Waals surface area contributed by atoms with E-state index in [1.165, 1.54) is 12.8 Å². The lowest BCUT2D eigenvalue weighted by atomic mass is 9.82. The van der Waals surface area contributed by atoms with Crippen LogP contribution in [-0.2, 0) is 14.6 Å². The van der Waals surface area contributed by atoms with Crippen LogP contribution in [0.25, 0.3) is 0 Å². The molecule has 0 radical (unpaired) electrons. The van der Waals surface area contributed by atoms with Crippen molar-refractivity contribution in [3.05, 3.63) is 30.3 Å². The monoisotopic (exact) mass is 491 g/mol. The summed E-state index contributed by atoms with van der Waals surface area (Å²) in [5, 5.41) is 3.23. The van der Waals surface area contributed by atoms with Gasteiger partial charge < -0.3 is 15.0 Å². The average Bonchev–Trinajstić information content (AvgIpc) is 3.32. The van der Waals surface area contributed by atoms with Crippen LogP contribution in [0.1, 0.15) is 12.8 Å². The van der Waals surface area contributed by atoms with Crippen molar-refractivity contribution in [2.75, 3.05) is 32.4 Å². The molecule has 4 unspecified atom stereocenters. The van der Waals surface area contributed by atoms with Crippen LogP contribution in [0.5, 0.6) is 0 Å². The fraction of sp³-hybridized carbons (Fsp3) is 0.611. The highest BCUT2D eigenvalue weighted by molar-refractivity contribution is 14.0. The number of hydrogen-bond donors (Lipinski definition) is 1. The van der Waals surface area contributed by atoms with Crippen LogP contribution in [0, 0.1) is 11.8 Å². The van der Waals surface area contributed by atoms with Crippen molar-refractivity contribution >= 4 is 39.8 Å². The number of rotatable bonds is 4. The highest BCUT2D eigenvalue weighted by Crippen LogP contribution is 2.47. The van der Waals surface area contributed by atoms with Gasteiger partial charge in [-0.05, 0) is 25.0 Å². The number of sulfone groups is 1. The summed E-state index contributed by atoms with van der Waals surface area (Å²) in [4.78, 5) is 6.99. The molecule has 26 heavy (non-hydrogen) atoms. The maximum atomic E-state index is 12.4. The van der Waals surface area contributed by atoms with Crippen molar-refractivity contribution in [3.63, 3.8) is 0 Å². The summed E-state index contributed by atoms with van der Waals surface area (Å²) >= 11 is 0. The van der Waals surface area contributed by atoms with Crippen molar-refractivity contribution < 1.29 is 13.2 Å². The molecule has 3 heterocycles. The lowest BCUT2D eigenvalue weighted by Gasteiger charge is -2.23. The van der Waals surface area contributed by atoms with E-state index in [0.29, 0.717) is 35.5 Å². The van der Waals surface area contributed by atoms with Crippen LogP contribution in [0.2, 0.25) is 0 Å². The predicted molar refractivity (Wildman–Crippen MR) is 112 cm³/mol. The van der Waals surface area contributed by atoms with E-state index in [-0.39, 0.29) is 29.7 Å². The summed E-state index contributed by atoms with van der Waals surface area (Å²) in [5.74, 6) is 2.07. The molecule has 1 aromatic carbocycles. The smallest absolute Gasteiger partial charge is 0.193 e. The molecule has 144 valence electrons. The van der Waals surface area contributed by atoms with E-state index >= 15 is 0 Å². The van der Waals surface area contributed by atoms with E-state index in [1.54, 1.807) is 31.3 Å². The zero-order chi connectivity index (χ0) is 17.4. The molecule has 3 saturated heterocycles.